The van der Waals surface area contributed by atoms with E-state index in [1.165, 1.54) is 0 Å². The molecule has 2 aromatic heterocycles. The number of amides is 1. The standard InChI is InChI=1S/C13H17N5O/c1-14-10-3-7-17(8-4-10)13(19)11-9-16-18-6-2-5-15-12(11)18/h2,5-6,9-10,14H,3-4,7-8H2,1H3. The summed E-state index contributed by atoms with van der Waals surface area (Å²) in [5, 5.41) is 7.42. The fourth-order valence-electron chi connectivity index (χ4n) is 2.52. The Morgan fingerprint density at radius 2 is 2.21 bits per heavy atom. The number of likely N-dealkylation sites (tertiary alicyclic amines) is 1. The third-order valence-corrected chi connectivity index (χ3v) is 3.70. The first-order valence-corrected chi connectivity index (χ1v) is 6.54. The number of hydrogen-bond acceptors (Lipinski definition) is 4. The van der Waals surface area contributed by atoms with Crippen molar-refractivity contribution in [3.05, 3.63) is 30.2 Å². The summed E-state index contributed by atoms with van der Waals surface area (Å²) in [6, 6.07) is 2.32. The molecule has 0 spiro atoms. The Labute approximate surface area is 111 Å². The molecule has 0 unspecified atom stereocenters. The van der Waals surface area contributed by atoms with Crippen molar-refractivity contribution in [2.75, 3.05) is 20.1 Å². The van der Waals surface area contributed by atoms with Crippen LogP contribution in [0.15, 0.2) is 24.7 Å². The molecule has 1 saturated heterocycles. The molecule has 1 amide bonds. The minimum atomic E-state index is 0.0308. The van der Waals surface area contributed by atoms with Crippen LogP contribution in [0.4, 0.5) is 0 Å². The van der Waals surface area contributed by atoms with Crippen molar-refractivity contribution >= 4 is 11.6 Å². The molecule has 1 aliphatic rings. The van der Waals surface area contributed by atoms with E-state index in [2.05, 4.69) is 15.4 Å². The number of carbonyl (C=O) groups excluding carboxylic acids is 1. The molecular weight excluding hydrogens is 242 g/mol. The lowest BCUT2D eigenvalue weighted by Gasteiger charge is -2.31. The number of hydrogen-bond donors (Lipinski definition) is 1. The third kappa shape index (κ3) is 2.19. The molecule has 0 bridgehead atoms. The second-order valence-corrected chi connectivity index (χ2v) is 4.80. The average molecular weight is 259 g/mol. The van der Waals surface area contributed by atoms with Gasteiger partial charge in [0, 0.05) is 31.5 Å². The quantitative estimate of drug-likeness (QED) is 0.855. The molecule has 1 aliphatic heterocycles. The normalized spacial score (nSPS) is 17.0. The molecule has 0 aliphatic carbocycles. The van der Waals surface area contributed by atoms with Crippen LogP contribution in [-0.4, -0.2) is 51.6 Å². The molecule has 6 nitrogen and oxygen atoms in total. The largest absolute Gasteiger partial charge is 0.338 e. The Kier molecular flexibility index (Phi) is 3.16. The number of fused-ring (bicyclic) bond motifs is 1. The van der Waals surface area contributed by atoms with Crippen LogP contribution in [0.25, 0.3) is 5.65 Å². The van der Waals surface area contributed by atoms with Crippen LogP contribution < -0.4 is 5.32 Å². The van der Waals surface area contributed by atoms with E-state index in [9.17, 15) is 4.79 Å². The molecule has 19 heavy (non-hydrogen) atoms. The Hall–Kier alpha value is -1.95. The topological polar surface area (TPSA) is 62.5 Å². The van der Waals surface area contributed by atoms with Gasteiger partial charge in [0.05, 0.1) is 6.20 Å². The van der Waals surface area contributed by atoms with Gasteiger partial charge in [0.1, 0.15) is 5.56 Å². The van der Waals surface area contributed by atoms with Gasteiger partial charge in [-0.25, -0.2) is 9.50 Å². The molecule has 0 atom stereocenters. The molecule has 6 heteroatoms. The first kappa shape index (κ1) is 12.1. The Morgan fingerprint density at radius 1 is 1.42 bits per heavy atom. The molecular formula is C13H17N5O. The molecule has 3 rings (SSSR count). The van der Waals surface area contributed by atoms with E-state index in [-0.39, 0.29) is 5.91 Å². The predicted molar refractivity (Wildman–Crippen MR) is 71.0 cm³/mol. The van der Waals surface area contributed by atoms with E-state index < -0.39 is 0 Å². The van der Waals surface area contributed by atoms with Crippen molar-refractivity contribution in [1.82, 2.24) is 24.8 Å². The monoisotopic (exact) mass is 259 g/mol. The van der Waals surface area contributed by atoms with Crippen molar-refractivity contribution in [3.63, 3.8) is 0 Å². The first-order chi connectivity index (χ1) is 9.29. The summed E-state index contributed by atoms with van der Waals surface area (Å²) in [7, 11) is 1.97. The highest BCUT2D eigenvalue weighted by atomic mass is 16.2. The van der Waals surface area contributed by atoms with Gasteiger partial charge in [0.25, 0.3) is 5.91 Å². The summed E-state index contributed by atoms with van der Waals surface area (Å²) < 4.78 is 1.63. The number of nitrogens with zero attached hydrogens (tertiary/aromatic N) is 4. The Balaban J connectivity index is 1.81. The molecule has 1 fully saturated rings. The lowest BCUT2D eigenvalue weighted by molar-refractivity contribution is 0.0709. The van der Waals surface area contributed by atoms with E-state index in [0.717, 1.165) is 25.9 Å². The van der Waals surface area contributed by atoms with Gasteiger partial charge in [-0.05, 0) is 26.0 Å². The van der Waals surface area contributed by atoms with Crippen LogP contribution in [0.1, 0.15) is 23.2 Å². The van der Waals surface area contributed by atoms with Crippen molar-refractivity contribution in [3.8, 4) is 0 Å². The molecule has 1 N–H and O–H groups in total. The highest BCUT2D eigenvalue weighted by molar-refractivity contribution is 5.99. The van der Waals surface area contributed by atoms with Crippen molar-refractivity contribution < 1.29 is 4.79 Å². The zero-order valence-corrected chi connectivity index (χ0v) is 10.9. The number of piperidine rings is 1. The van der Waals surface area contributed by atoms with Crippen molar-refractivity contribution in [2.24, 2.45) is 0 Å². The van der Waals surface area contributed by atoms with Crippen LogP contribution >= 0.6 is 0 Å². The zero-order chi connectivity index (χ0) is 13.2. The highest BCUT2D eigenvalue weighted by Crippen LogP contribution is 2.15. The minimum Gasteiger partial charge on any atom is -0.338 e. The van der Waals surface area contributed by atoms with Crippen molar-refractivity contribution in [1.29, 1.82) is 0 Å². The van der Waals surface area contributed by atoms with E-state index in [0.29, 0.717) is 17.3 Å². The smallest absolute Gasteiger partial charge is 0.259 e. The van der Waals surface area contributed by atoms with E-state index in [4.69, 9.17) is 0 Å². The molecule has 2 aromatic rings. The molecule has 0 saturated carbocycles. The summed E-state index contributed by atoms with van der Waals surface area (Å²) >= 11 is 0. The van der Waals surface area contributed by atoms with E-state index in [1.54, 1.807) is 29.2 Å². The van der Waals surface area contributed by atoms with Gasteiger partial charge in [-0.2, -0.15) is 5.10 Å². The van der Waals surface area contributed by atoms with Gasteiger partial charge in [0.2, 0.25) is 0 Å². The Bertz CT molecular complexity index is 585. The first-order valence-electron chi connectivity index (χ1n) is 6.54. The molecule has 0 aromatic carbocycles. The van der Waals surface area contributed by atoms with Gasteiger partial charge in [-0.1, -0.05) is 0 Å². The highest BCUT2D eigenvalue weighted by Gasteiger charge is 2.25. The Morgan fingerprint density at radius 3 is 2.95 bits per heavy atom. The maximum atomic E-state index is 12.5. The fraction of sp³-hybridized carbons (Fsp3) is 0.462. The SMILES string of the molecule is CNC1CCN(C(=O)c2cnn3cccnc23)CC1. The van der Waals surface area contributed by atoms with Crippen LogP contribution in [0.2, 0.25) is 0 Å². The third-order valence-electron chi connectivity index (χ3n) is 3.70. The van der Waals surface area contributed by atoms with Crippen LogP contribution in [0, 0.1) is 0 Å². The summed E-state index contributed by atoms with van der Waals surface area (Å²) in [5.41, 5.74) is 1.21. The fourth-order valence-corrected chi connectivity index (χ4v) is 2.52. The van der Waals surface area contributed by atoms with E-state index in [1.807, 2.05) is 11.9 Å². The summed E-state index contributed by atoms with van der Waals surface area (Å²) in [5.74, 6) is 0.0308. The molecule has 100 valence electrons. The maximum absolute atomic E-state index is 12.5. The minimum absolute atomic E-state index is 0.0308. The van der Waals surface area contributed by atoms with Gasteiger partial charge in [-0.3, -0.25) is 4.79 Å². The second-order valence-electron chi connectivity index (χ2n) is 4.80. The lowest BCUT2D eigenvalue weighted by atomic mass is 10.0. The number of aromatic nitrogens is 3. The second kappa shape index (κ2) is 4.97. The average Bonchev–Trinajstić information content (AvgIpc) is 2.90. The molecule has 3 heterocycles. The zero-order valence-electron chi connectivity index (χ0n) is 10.9. The number of carbonyl (C=O) groups is 1. The van der Waals surface area contributed by atoms with Crippen LogP contribution in [-0.2, 0) is 0 Å². The maximum Gasteiger partial charge on any atom is 0.259 e. The molecule has 0 radical (unpaired) electrons. The number of rotatable bonds is 2. The van der Waals surface area contributed by atoms with Crippen LogP contribution in [0.5, 0.6) is 0 Å². The van der Waals surface area contributed by atoms with Gasteiger partial charge < -0.3 is 10.2 Å². The van der Waals surface area contributed by atoms with Crippen LogP contribution in [0.3, 0.4) is 0 Å². The summed E-state index contributed by atoms with van der Waals surface area (Å²) in [4.78, 5) is 18.6. The lowest BCUT2D eigenvalue weighted by Crippen LogP contribution is -2.43. The van der Waals surface area contributed by atoms with Crippen molar-refractivity contribution in [2.45, 2.75) is 18.9 Å². The van der Waals surface area contributed by atoms with E-state index >= 15 is 0 Å². The van der Waals surface area contributed by atoms with Gasteiger partial charge >= 0.3 is 0 Å². The van der Waals surface area contributed by atoms with Gasteiger partial charge in [0.15, 0.2) is 5.65 Å². The summed E-state index contributed by atoms with van der Waals surface area (Å²) in [6.45, 7) is 1.57. The number of nitrogens with one attached hydrogen (secondary N) is 1. The van der Waals surface area contributed by atoms with Gasteiger partial charge in [-0.15, -0.1) is 0 Å². The predicted octanol–water partition coefficient (Wildman–Crippen LogP) is 0.553. The summed E-state index contributed by atoms with van der Waals surface area (Å²) in [6.07, 6.45) is 7.08.